The van der Waals surface area contributed by atoms with E-state index in [0.29, 0.717) is 42.6 Å². The number of hydrogen-bond acceptors (Lipinski definition) is 13. The summed E-state index contributed by atoms with van der Waals surface area (Å²) < 4.78 is 17.2. The molecular weight excluding hydrogens is 618 g/mol. The van der Waals surface area contributed by atoms with Crippen LogP contribution in [0.15, 0.2) is 4.99 Å². The van der Waals surface area contributed by atoms with Gasteiger partial charge in [0.25, 0.3) is 23.6 Å². The van der Waals surface area contributed by atoms with Crippen LogP contribution in [0.4, 0.5) is 0 Å². The number of amides is 4. The molecule has 0 aromatic rings. The van der Waals surface area contributed by atoms with Crippen molar-refractivity contribution in [1.82, 2.24) is 10.1 Å². The van der Waals surface area contributed by atoms with Gasteiger partial charge in [-0.05, 0) is 68.2 Å². The van der Waals surface area contributed by atoms with Crippen LogP contribution in [-0.2, 0) is 57.4 Å². The van der Waals surface area contributed by atoms with Gasteiger partial charge in [-0.1, -0.05) is 0 Å². The predicted octanol–water partition coefficient (Wildman–Crippen LogP) is 3.37. The van der Waals surface area contributed by atoms with Crippen molar-refractivity contribution in [3.05, 3.63) is 0 Å². The van der Waals surface area contributed by atoms with Gasteiger partial charge in [-0.3, -0.25) is 29.0 Å². The summed E-state index contributed by atoms with van der Waals surface area (Å²) in [5.74, 6) is -4.17. The van der Waals surface area contributed by atoms with E-state index in [2.05, 4.69) is 4.99 Å². The zero-order chi connectivity index (χ0) is 35.6. The van der Waals surface area contributed by atoms with Crippen molar-refractivity contribution < 1.29 is 57.4 Å². The van der Waals surface area contributed by atoms with Crippen LogP contribution in [0.3, 0.4) is 0 Å². The summed E-state index contributed by atoms with van der Waals surface area (Å²) in [6.07, 6.45) is 2.53. The predicted molar refractivity (Wildman–Crippen MR) is 165 cm³/mol. The summed E-state index contributed by atoms with van der Waals surface area (Å²) in [5.41, 5.74) is -3.41. The Balaban J connectivity index is 1.65. The van der Waals surface area contributed by atoms with E-state index in [-0.39, 0.29) is 45.1 Å². The molecule has 0 aromatic heterocycles. The molecule has 15 heteroatoms. The monoisotopic (exact) mass is 667 g/mol. The van der Waals surface area contributed by atoms with Gasteiger partial charge in [0.05, 0.1) is 29.6 Å². The minimum Gasteiger partial charge on any atom is -0.483 e. The van der Waals surface area contributed by atoms with Crippen LogP contribution in [0.25, 0.3) is 0 Å². The second-order valence-corrected chi connectivity index (χ2v) is 14.2. The highest BCUT2D eigenvalue weighted by Crippen LogP contribution is 2.29. The lowest BCUT2D eigenvalue weighted by Gasteiger charge is -2.32. The maximum atomic E-state index is 12.9. The number of imide groups is 2. The number of carbonyl (C=O) groups is 7. The molecule has 2 aliphatic rings. The molecule has 2 fully saturated rings. The second kappa shape index (κ2) is 16.3. The Hall–Kier alpha value is -3.88. The van der Waals surface area contributed by atoms with Crippen molar-refractivity contribution in [2.24, 2.45) is 15.8 Å². The Bertz CT molecular complexity index is 1210. The smallest absolute Gasteiger partial charge is 0.338 e. The number of esters is 1. The van der Waals surface area contributed by atoms with Gasteiger partial charge in [-0.15, -0.1) is 10.1 Å². The van der Waals surface area contributed by atoms with Gasteiger partial charge in [0, 0.05) is 51.5 Å². The average Bonchev–Trinajstić information content (AvgIpc) is 3.45. The standard InChI is InChI=1S/C32H49N3O12/c1-29(2,14-13-26(40)46-34-22(36)9-10-23(34)37)27(41)45-32(7,8)17-20-44-31(5,6)16-19-43-21-33-18-15-30(3,4)28(42)47-35-24(38)11-12-25(35)39/h21H,9-20H2,1-8H3. The third-order valence-electron chi connectivity index (χ3n) is 7.84. The molecule has 0 saturated carbocycles. The molecule has 2 saturated heterocycles. The molecule has 0 spiro atoms. The quantitative estimate of drug-likeness (QED) is 0.0644. The average molecular weight is 668 g/mol. The number of aliphatic imine (C=N–C) groups is 1. The van der Waals surface area contributed by atoms with E-state index in [9.17, 15) is 33.6 Å². The molecule has 0 radical (unpaired) electrons. The fraction of sp³-hybridized carbons (Fsp3) is 0.750. The summed E-state index contributed by atoms with van der Waals surface area (Å²) in [6.45, 7) is 14.8. The van der Waals surface area contributed by atoms with E-state index < -0.39 is 63.6 Å². The van der Waals surface area contributed by atoms with Crippen molar-refractivity contribution in [1.29, 1.82) is 0 Å². The lowest BCUT2D eigenvalue weighted by atomic mass is 9.87. The minimum atomic E-state index is -1.03. The summed E-state index contributed by atoms with van der Waals surface area (Å²) >= 11 is 0. The number of nitrogens with zero attached hydrogens (tertiary/aromatic N) is 3. The first-order valence-corrected chi connectivity index (χ1v) is 15.8. The van der Waals surface area contributed by atoms with Crippen molar-refractivity contribution in [3.63, 3.8) is 0 Å². The molecule has 264 valence electrons. The highest BCUT2D eigenvalue weighted by molar-refractivity contribution is 6.02. The molecule has 0 aromatic carbocycles. The molecule has 15 nitrogen and oxygen atoms in total. The number of carbonyl (C=O) groups excluding carboxylic acids is 7. The van der Waals surface area contributed by atoms with E-state index >= 15 is 0 Å². The van der Waals surface area contributed by atoms with E-state index in [1.807, 2.05) is 13.8 Å². The van der Waals surface area contributed by atoms with Gasteiger partial charge in [-0.2, -0.15) is 0 Å². The summed E-state index contributed by atoms with van der Waals surface area (Å²) in [5, 5.41) is 1.02. The van der Waals surface area contributed by atoms with Gasteiger partial charge in [0.2, 0.25) is 0 Å². The molecule has 4 amide bonds. The van der Waals surface area contributed by atoms with Gasteiger partial charge in [0.15, 0.2) is 6.40 Å². The van der Waals surface area contributed by atoms with E-state index in [1.54, 1.807) is 41.5 Å². The van der Waals surface area contributed by atoms with Crippen molar-refractivity contribution >= 4 is 47.9 Å². The molecule has 0 N–H and O–H groups in total. The van der Waals surface area contributed by atoms with Gasteiger partial charge in [-0.25, -0.2) is 9.59 Å². The number of hydrogen-bond donors (Lipinski definition) is 0. The first-order valence-electron chi connectivity index (χ1n) is 15.8. The molecule has 47 heavy (non-hydrogen) atoms. The lowest BCUT2D eigenvalue weighted by Crippen LogP contribution is -2.38. The largest absolute Gasteiger partial charge is 0.483 e. The normalized spacial score (nSPS) is 16.3. The third kappa shape index (κ3) is 12.7. The molecule has 0 bridgehead atoms. The number of ether oxygens (including phenoxy) is 3. The molecule has 2 heterocycles. The topological polar surface area (TPSA) is 184 Å². The van der Waals surface area contributed by atoms with Gasteiger partial charge in [0.1, 0.15) is 5.60 Å². The van der Waals surface area contributed by atoms with Crippen LogP contribution in [0.5, 0.6) is 0 Å². The molecule has 0 aliphatic carbocycles. The van der Waals surface area contributed by atoms with E-state index in [1.165, 1.54) is 6.40 Å². The summed E-state index contributed by atoms with van der Waals surface area (Å²) in [4.78, 5) is 98.2. The van der Waals surface area contributed by atoms with Gasteiger partial charge < -0.3 is 23.9 Å². The molecule has 2 aliphatic heterocycles. The Morgan fingerprint density at radius 2 is 1.15 bits per heavy atom. The molecule has 0 atom stereocenters. The van der Waals surface area contributed by atoms with Crippen molar-refractivity contribution in [3.8, 4) is 0 Å². The lowest BCUT2D eigenvalue weighted by molar-refractivity contribution is -0.204. The number of rotatable bonds is 19. The maximum absolute atomic E-state index is 12.9. The van der Waals surface area contributed by atoms with E-state index in [4.69, 9.17) is 23.9 Å². The fourth-order valence-electron chi connectivity index (χ4n) is 4.18. The first kappa shape index (κ1) is 39.3. The third-order valence-corrected chi connectivity index (χ3v) is 7.84. The second-order valence-electron chi connectivity index (χ2n) is 14.2. The fourth-order valence-corrected chi connectivity index (χ4v) is 4.18. The zero-order valence-corrected chi connectivity index (χ0v) is 28.8. The number of hydroxylamine groups is 4. The van der Waals surface area contributed by atoms with Crippen LogP contribution in [0.1, 0.15) is 113 Å². The Morgan fingerprint density at radius 3 is 1.70 bits per heavy atom. The van der Waals surface area contributed by atoms with Crippen LogP contribution < -0.4 is 0 Å². The van der Waals surface area contributed by atoms with Crippen LogP contribution in [0.2, 0.25) is 0 Å². The van der Waals surface area contributed by atoms with Crippen molar-refractivity contribution in [2.75, 3.05) is 19.8 Å². The highest BCUT2D eigenvalue weighted by Gasteiger charge is 2.39. The Morgan fingerprint density at radius 1 is 0.660 bits per heavy atom. The molecular formula is C32H49N3O12. The Kier molecular flexibility index (Phi) is 13.6. The van der Waals surface area contributed by atoms with Gasteiger partial charge >= 0.3 is 17.9 Å². The van der Waals surface area contributed by atoms with Crippen molar-refractivity contribution in [2.45, 2.75) is 124 Å². The SMILES string of the molecule is CC(C)(CCOC=NCCC(C)(C)C(=O)ON1C(=O)CCC1=O)OCCC(C)(C)OC(=O)C(C)(C)CCC(=O)ON1C(=O)CCC1=O. The first-order chi connectivity index (χ1) is 21.7. The molecule has 0 unspecified atom stereocenters. The summed E-state index contributed by atoms with van der Waals surface area (Å²) in [6, 6.07) is 0. The van der Waals surface area contributed by atoms with Crippen LogP contribution in [0, 0.1) is 10.8 Å². The minimum absolute atomic E-state index is 0.00149. The van der Waals surface area contributed by atoms with Crippen LogP contribution >= 0.6 is 0 Å². The Labute approximate surface area is 275 Å². The van der Waals surface area contributed by atoms with E-state index in [0.717, 1.165) is 0 Å². The highest BCUT2D eigenvalue weighted by atomic mass is 16.7. The zero-order valence-electron chi connectivity index (χ0n) is 28.8. The molecule has 2 rings (SSSR count). The summed E-state index contributed by atoms with van der Waals surface area (Å²) in [7, 11) is 0. The maximum Gasteiger partial charge on any atom is 0.338 e. The van der Waals surface area contributed by atoms with Crippen LogP contribution in [-0.4, -0.2) is 89.0 Å².